The van der Waals surface area contributed by atoms with Crippen LogP contribution in [-0.4, -0.2) is 29.3 Å². The molecule has 2 heterocycles. The molecule has 4 rings (SSSR count). The van der Waals surface area contributed by atoms with Gasteiger partial charge in [0.1, 0.15) is 0 Å². The fraction of sp³-hybridized carbons (Fsp3) is 0.217. The number of H-pyrrole nitrogens is 1. The van der Waals surface area contributed by atoms with Crippen molar-refractivity contribution >= 4 is 51.2 Å². The van der Waals surface area contributed by atoms with Crippen molar-refractivity contribution in [3.8, 4) is 17.0 Å². The number of ether oxygens (including phenoxy) is 3. The topological polar surface area (TPSA) is 73.4 Å². The third-order valence-electron chi connectivity index (χ3n) is 4.75. The molecule has 0 spiro atoms. The van der Waals surface area contributed by atoms with E-state index in [0.29, 0.717) is 15.6 Å². The number of hydrogen-bond donors (Lipinski definition) is 1. The van der Waals surface area contributed by atoms with Crippen LogP contribution >= 0.6 is 23.2 Å². The zero-order valence-corrected chi connectivity index (χ0v) is 18.7. The molecule has 0 aliphatic carbocycles. The summed E-state index contributed by atoms with van der Waals surface area (Å²) in [6.07, 6.45) is 0.494. The Morgan fingerprint density at radius 2 is 1.90 bits per heavy atom. The number of methoxy groups -OCH3 is 1. The number of aromatic nitrogens is 2. The van der Waals surface area contributed by atoms with E-state index in [1.165, 1.54) is 0 Å². The first-order valence-corrected chi connectivity index (χ1v) is 10.4. The van der Waals surface area contributed by atoms with Crippen LogP contribution < -0.4 is 4.74 Å². The normalized spacial score (nSPS) is 11.4. The van der Waals surface area contributed by atoms with Gasteiger partial charge in [-0.25, -0.2) is 9.78 Å². The highest BCUT2D eigenvalue weighted by Crippen LogP contribution is 2.41. The molecule has 6 nitrogen and oxygen atoms in total. The second-order valence-electron chi connectivity index (χ2n) is 7.26. The summed E-state index contributed by atoms with van der Waals surface area (Å²) in [7, 11) is 1.57. The molecule has 0 radical (unpaired) electrons. The van der Waals surface area contributed by atoms with E-state index in [2.05, 4.69) is 9.97 Å². The van der Waals surface area contributed by atoms with E-state index >= 15 is 0 Å². The van der Waals surface area contributed by atoms with Gasteiger partial charge in [0.15, 0.2) is 0 Å². The first-order valence-electron chi connectivity index (χ1n) is 9.64. The number of fused-ring (bicyclic) bond motifs is 3. The number of carbonyl (C=O) groups excluding carboxylic acids is 1. The molecule has 4 aromatic rings. The Balaban J connectivity index is 1.98. The highest BCUT2D eigenvalue weighted by molar-refractivity contribution is 6.37. The second-order valence-corrected chi connectivity index (χ2v) is 8.10. The molecule has 160 valence electrons. The van der Waals surface area contributed by atoms with Crippen molar-refractivity contribution in [2.24, 2.45) is 0 Å². The summed E-state index contributed by atoms with van der Waals surface area (Å²) in [6.45, 7) is 3.68. The van der Waals surface area contributed by atoms with E-state index in [9.17, 15) is 4.79 Å². The monoisotopic (exact) mass is 458 g/mol. The number of nitrogens with one attached hydrogen (secondary N) is 1. The third-order valence-corrected chi connectivity index (χ3v) is 5.29. The average Bonchev–Trinajstić information content (AvgIpc) is 3.08. The Labute approximate surface area is 189 Å². The number of aromatic amines is 1. The molecular weight excluding hydrogens is 439 g/mol. The van der Waals surface area contributed by atoms with Crippen molar-refractivity contribution in [2.45, 2.75) is 26.6 Å². The van der Waals surface area contributed by atoms with Crippen LogP contribution in [0.25, 0.3) is 32.9 Å². The highest BCUT2D eigenvalue weighted by Gasteiger charge is 2.21. The lowest BCUT2D eigenvalue weighted by molar-refractivity contribution is 0.0705. The molecule has 0 bridgehead atoms. The number of benzene rings is 2. The van der Waals surface area contributed by atoms with Gasteiger partial charge in [-0.2, -0.15) is 0 Å². The number of carbonyl (C=O) groups is 1. The molecule has 0 fully saturated rings. The predicted octanol–water partition coefficient (Wildman–Crippen LogP) is 6.76. The molecule has 0 saturated heterocycles. The van der Waals surface area contributed by atoms with Gasteiger partial charge in [-0.1, -0.05) is 41.4 Å². The fourth-order valence-corrected chi connectivity index (χ4v) is 4.09. The molecule has 0 unspecified atom stereocenters. The minimum absolute atomic E-state index is 0.137. The Morgan fingerprint density at radius 1 is 1.10 bits per heavy atom. The summed E-state index contributed by atoms with van der Waals surface area (Å²) in [5.74, 6) is 0.137. The van der Waals surface area contributed by atoms with Crippen LogP contribution in [0.15, 0.2) is 42.6 Å². The minimum Gasteiger partial charge on any atom is -0.431 e. The first-order chi connectivity index (χ1) is 14.9. The third kappa shape index (κ3) is 4.19. The summed E-state index contributed by atoms with van der Waals surface area (Å²) < 4.78 is 15.9. The quantitative estimate of drug-likeness (QED) is 0.334. The van der Waals surface area contributed by atoms with Crippen LogP contribution in [0.5, 0.6) is 5.88 Å². The largest absolute Gasteiger partial charge is 0.515 e. The summed E-state index contributed by atoms with van der Waals surface area (Å²) >= 11 is 12.6. The van der Waals surface area contributed by atoms with E-state index in [4.69, 9.17) is 37.4 Å². The number of nitrogens with zero attached hydrogens (tertiary/aromatic N) is 1. The maximum absolute atomic E-state index is 12.1. The maximum Gasteiger partial charge on any atom is 0.515 e. The Bertz CT molecular complexity index is 1280. The lowest BCUT2D eigenvalue weighted by Crippen LogP contribution is -2.17. The van der Waals surface area contributed by atoms with E-state index in [-0.39, 0.29) is 18.6 Å². The number of hydrogen-bond acceptors (Lipinski definition) is 5. The second kappa shape index (κ2) is 8.75. The SMILES string of the molecule is COCc1c(OC(=O)OC(C)C)ncc2[nH]c3cccc(-c4ccc(Cl)cc4Cl)c3c12. The fourth-order valence-electron chi connectivity index (χ4n) is 3.58. The molecule has 2 aromatic carbocycles. The van der Waals surface area contributed by atoms with Gasteiger partial charge in [-0.3, -0.25) is 0 Å². The van der Waals surface area contributed by atoms with E-state index in [0.717, 1.165) is 32.9 Å². The van der Waals surface area contributed by atoms with E-state index < -0.39 is 6.16 Å². The van der Waals surface area contributed by atoms with E-state index in [1.807, 2.05) is 24.3 Å². The van der Waals surface area contributed by atoms with Crippen LogP contribution in [0, 0.1) is 0 Å². The lowest BCUT2D eigenvalue weighted by atomic mass is 9.98. The van der Waals surface area contributed by atoms with Crippen LogP contribution in [0.3, 0.4) is 0 Å². The Kier molecular flexibility index (Phi) is 6.05. The molecule has 0 aliphatic rings. The summed E-state index contributed by atoms with van der Waals surface area (Å²) in [5.41, 5.74) is 4.04. The molecular formula is C23H20Cl2N2O4. The van der Waals surface area contributed by atoms with Gasteiger partial charge in [-0.15, -0.1) is 0 Å². The Morgan fingerprint density at radius 3 is 2.61 bits per heavy atom. The van der Waals surface area contributed by atoms with Crippen molar-refractivity contribution in [2.75, 3.05) is 7.11 Å². The van der Waals surface area contributed by atoms with E-state index in [1.54, 1.807) is 39.3 Å². The first kappa shape index (κ1) is 21.4. The van der Waals surface area contributed by atoms with Crippen LogP contribution in [0.1, 0.15) is 19.4 Å². The molecule has 1 N–H and O–H groups in total. The van der Waals surface area contributed by atoms with Crippen molar-refractivity contribution < 1.29 is 19.0 Å². The molecule has 0 aliphatic heterocycles. The van der Waals surface area contributed by atoms with Crippen molar-refractivity contribution in [1.29, 1.82) is 0 Å². The van der Waals surface area contributed by atoms with Crippen molar-refractivity contribution in [3.05, 3.63) is 58.2 Å². The number of halogens is 2. The number of rotatable bonds is 5. The predicted molar refractivity (Wildman–Crippen MR) is 122 cm³/mol. The van der Waals surface area contributed by atoms with Crippen molar-refractivity contribution in [3.63, 3.8) is 0 Å². The van der Waals surface area contributed by atoms with Gasteiger partial charge in [0, 0.05) is 39.0 Å². The molecule has 0 atom stereocenters. The molecule has 31 heavy (non-hydrogen) atoms. The summed E-state index contributed by atoms with van der Waals surface area (Å²) in [5, 5.41) is 2.84. The average molecular weight is 459 g/mol. The van der Waals surface area contributed by atoms with Gasteiger partial charge in [-0.05, 0) is 37.6 Å². The minimum atomic E-state index is -0.819. The van der Waals surface area contributed by atoms with Gasteiger partial charge >= 0.3 is 6.16 Å². The van der Waals surface area contributed by atoms with Gasteiger partial charge in [0.2, 0.25) is 5.88 Å². The Hall–Kier alpha value is -2.80. The number of pyridine rings is 1. The lowest BCUT2D eigenvalue weighted by Gasteiger charge is -2.13. The molecule has 0 saturated carbocycles. The molecule has 0 amide bonds. The zero-order chi connectivity index (χ0) is 22.1. The molecule has 8 heteroatoms. The highest BCUT2D eigenvalue weighted by atomic mass is 35.5. The van der Waals surface area contributed by atoms with Gasteiger partial charge < -0.3 is 19.2 Å². The van der Waals surface area contributed by atoms with Gasteiger partial charge in [0.25, 0.3) is 0 Å². The van der Waals surface area contributed by atoms with Crippen LogP contribution in [0.2, 0.25) is 10.0 Å². The van der Waals surface area contributed by atoms with Crippen LogP contribution in [0.4, 0.5) is 4.79 Å². The molecule has 2 aromatic heterocycles. The van der Waals surface area contributed by atoms with Crippen molar-refractivity contribution in [1.82, 2.24) is 9.97 Å². The standard InChI is InChI=1S/C23H20Cl2N2O4/c1-12(2)30-23(28)31-22-16(11-29-3)21-19(10-26-22)27-18-6-4-5-15(20(18)21)14-8-7-13(24)9-17(14)25/h4-10,12,27H,11H2,1-3H3. The maximum atomic E-state index is 12.1. The van der Waals surface area contributed by atoms with Gasteiger partial charge in [0.05, 0.1) is 30.0 Å². The van der Waals surface area contributed by atoms with Crippen LogP contribution in [-0.2, 0) is 16.1 Å². The smallest absolute Gasteiger partial charge is 0.431 e. The summed E-state index contributed by atoms with van der Waals surface area (Å²) in [4.78, 5) is 19.8. The summed E-state index contributed by atoms with van der Waals surface area (Å²) in [6, 6.07) is 11.3. The zero-order valence-electron chi connectivity index (χ0n) is 17.2.